The molecule has 0 aliphatic carbocycles. The lowest BCUT2D eigenvalue weighted by Gasteiger charge is -2.04. The molecule has 0 amide bonds. The summed E-state index contributed by atoms with van der Waals surface area (Å²) in [5.41, 5.74) is 1.54. The van der Waals surface area contributed by atoms with E-state index in [1.54, 1.807) is 6.07 Å². The lowest BCUT2D eigenvalue weighted by atomic mass is 10.1. The van der Waals surface area contributed by atoms with Gasteiger partial charge >= 0.3 is 5.97 Å². The third-order valence-corrected chi connectivity index (χ3v) is 2.25. The summed E-state index contributed by atoms with van der Waals surface area (Å²) in [6, 6.07) is 3.67. The van der Waals surface area contributed by atoms with E-state index in [1.807, 2.05) is 6.07 Å². The van der Waals surface area contributed by atoms with E-state index >= 15 is 0 Å². The van der Waals surface area contributed by atoms with Crippen molar-refractivity contribution < 1.29 is 9.90 Å². The maximum Gasteiger partial charge on any atom is 0.356 e. The SMILES string of the molecule is CC(C)Cc1ccc2ncc(C(=O)O)n2n1. The van der Waals surface area contributed by atoms with Gasteiger partial charge in [0.05, 0.1) is 11.9 Å². The molecule has 2 heterocycles. The molecule has 2 aromatic rings. The molecule has 5 nitrogen and oxygen atoms in total. The highest BCUT2D eigenvalue weighted by Gasteiger charge is 2.11. The molecule has 0 radical (unpaired) electrons. The van der Waals surface area contributed by atoms with E-state index in [1.165, 1.54) is 10.7 Å². The molecular formula is C11H13N3O2. The molecule has 0 saturated heterocycles. The number of aromatic nitrogens is 3. The maximum atomic E-state index is 10.9. The van der Waals surface area contributed by atoms with Crippen LogP contribution < -0.4 is 0 Å². The molecule has 16 heavy (non-hydrogen) atoms. The van der Waals surface area contributed by atoms with Crippen LogP contribution in [0.15, 0.2) is 18.3 Å². The van der Waals surface area contributed by atoms with E-state index in [0.29, 0.717) is 11.6 Å². The highest BCUT2D eigenvalue weighted by atomic mass is 16.4. The molecular weight excluding hydrogens is 206 g/mol. The molecule has 0 unspecified atom stereocenters. The van der Waals surface area contributed by atoms with Gasteiger partial charge in [-0.1, -0.05) is 13.8 Å². The smallest absolute Gasteiger partial charge is 0.356 e. The summed E-state index contributed by atoms with van der Waals surface area (Å²) < 4.78 is 1.38. The molecule has 0 aliphatic rings. The van der Waals surface area contributed by atoms with E-state index < -0.39 is 5.97 Å². The van der Waals surface area contributed by atoms with Crippen molar-refractivity contribution in [1.82, 2.24) is 14.6 Å². The summed E-state index contributed by atoms with van der Waals surface area (Å²) >= 11 is 0. The molecule has 5 heteroatoms. The van der Waals surface area contributed by atoms with E-state index in [-0.39, 0.29) is 5.69 Å². The summed E-state index contributed by atoms with van der Waals surface area (Å²) in [7, 11) is 0. The Balaban J connectivity index is 2.50. The predicted molar refractivity (Wildman–Crippen MR) is 58.5 cm³/mol. The van der Waals surface area contributed by atoms with E-state index in [4.69, 9.17) is 5.11 Å². The van der Waals surface area contributed by atoms with Gasteiger partial charge in [0.2, 0.25) is 0 Å². The van der Waals surface area contributed by atoms with Gasteiger partial charge in [0.1, 0.15) is 0 Å². The van der Waals surface area contributed by atoms with E-state index in [2.05, 4.69) is 23.9 Å². The fraction of sp³-hybridized carbons (Fsp3) is 0.364. The first-order chi connectivity index (χ1) is 7.58. The number of hydrogen-bond donors (Lipinski definition) is 1. The fourth-order valence-corrected chi connectivity index (χ4v) is 1.58. The number of carboxylic acids is 1. The molecule has 84 valence electrons. The first-order valence-electron chi connectivity index (χ1n) is 5.15. The molecule has 2 aromatic heterocycles. The second-order valence-electron chi connectivity index (χ2n) is 4.14. The van der Waals surface area contributed by atoms with Gasteiger partial charge in [-0.15, -0.1) is 0 Å². The van der Waals surface area contributed by atoms with Gasteiger partial charge in [-0.2, -0.15) is 5.10 Å². The van der Waals surface area contributed by atoms with E-state index in [0.717, 1.165) is 12.1 Å². The zero-order valence-electron chi connectivity index (χ0n) is 9.21. The molecule has 2 rings (SSSR count). The minimum atomic E-state index is -1.01. The Hall–Kier alpha value is -1.91. The van der Waals surface area contributed by atoms with Crippen molar-refractivity contribution in [3.05, 3.63) is 29.7 Å². The Morgan fingerprint density at radius 1 is 1.50 bits per heavy atom. The van der Waals surface area contributed by atoms with Crippen LogP contribution in [0.2, 0.25) is 0 Å². The lowest BCUT2D eigenvalue weighted by molar-refractivity contribution is 0.0688. The van der Waals surface area contributed by atoms with Gasteiger partial charge < -0.3 is 5.11 Å². The third kappa shape index (κ3) is 1.88. The highest BCUT2D eigenvalue weighted by molar-refractivity contribution is 5.86. The van der Waals surface area contributed by atoms with Crippen LogP contribution in [-0.4, -0.2) is 25.7 Å². The van der Waals surface area contributed by atoms with Crippen LogP contribution >= 0.6 is 0 Å². The summed E-state index contributed by atoms with van der Waals surface area (Å²) in [5.74, 6) is -0.525. The van der Waals surface area contributed by atoms with Gasteiger partial charge in [0.25, 0.3) is 0 Å². The van der Waals surface area contributed by atoms with Crippen molar-refractivity contribution in [2.45, 2.75) is 20.3 Å². The summed E-state index contributed by atoms with van der Waals surface area (Å²) in [6.07, 6.45) is 2.15. The van der Waals surface area contributed by atoms with Crippen molar-refractivity contribution >= 4 is 11.6 Å². The van der Waals surface area contributed by atoms with Gasteiger partial charge in [0, 0.05) is 0 Å². The van der Waals surface area contributed by atoms with Crippen LogP contribution in [0.1, 0.15) is 30.0 Å². The van der Waals surface area contributed by atoms with Gasteiger partial charge in [-0.3, -0.25) is 0 Å². The number of nitrogens with zero attached hydrogens (tertiary/aromatic N) is 3. The van der Waals surface area contributed by atoms with Crippen molar-refractivity contribution in [3.8, 4) is 0 Å². The number of carboxylic acid groups (broad SMARTS) is 1. The highest BCUT2D eigenvalue weighted by Crippen LogP contribution is 2.09. The summed E-state index contributed by atoms with van der Waals surface area (Å²) in [4.78, 5) is 14.9. The first kappa shape index (κ1) is 10.6. The van der Waals surface area contributed by atoms with Crippen molar-refractivity contribution in [1.29, 1.82) is 0 Å². The summed E-state index contributed by atoms with van der Waals surface area (Å²) in [5, 5.41) is 13.2. The minimum Gasteiger partial charge on any atom is -0.476 e. The Morgan fingerprint density at radius 3 is 2.88 bits per heavy atom. The zero-order chi connectivity index (χ0) is 11.7. The standard InChI is InChI=1S/C11H13N3O2/c1-7(2)5-8-3-4-10-12-6-9(11(15)16)14(10)13-8/h3-4,6-7H,5H2,1-2H3,(H,15,16). The van der Waals surface area contributed by atoms with Gasteiger partial charge in [-0.25, -0.2) is 14.3 Å². The lowest BCUT2D eigenvalue weighted by Crippen LogP contribution is -2.07. The van der Waals surface area contributed by atoms with Crippen LogP contribution in [0.4, 0.5) is 0 Å². The quantitative estimate of drug-likeness (QED) is 0.851. The van der Waals surface area contributed by atoms with Crippen molar-refractivity contribution in [2.24, 2.45) is 5.92 Å². The number of carbonyl (C=O) groups is 1. The molecule has 0 aromatic carbocycles. The summed E-state index contributed by atoms with van der Waals surface area (Å²) in [6.45, 7) is 4.19. The molecule has 0 bridgehead atoms. The van der Waals surface area contributed by atoms with Gasteiger partial charge in [-0.05, 0) is 24.5 Å². The molecule has 0 spiro atoms. The Morgan fingerprint density at radius 2 is 2.25 bits per heavy atom. The average molecular weight is 219 g/mol. The number of fused-ring (bicyclic) bond motifs is 1. The topological polar surface area (TPSA) is 67.5 Å². The molecule has 1 N–H and O–H groups in total. The molecule has 0 saturated carbocycles. The zero-order valence-corrected chi connectivity index (χ0v) is 9.21. The Bertz CT molecular complexity index is 531. The van der Waals surface area contributed by atoms with Crippen LogP contribution in [0.5, 0.6) is 0 Å². The molecule has 0 atom stereocenters. The van der Waals surface area contributed by atoms with Crippen LogP contribution in [0, 0.1) is 5.92 Å². The normalized spacial score (nSPS) is 11.2. The largest absolute Gasteiger partial charge is 0.476 e. The van der Waals surface area contributed by atoms with E-state index in [9.17, 15) is 4.79 Å². The maximum absolute atomic E-state index is 10.9. The third-order valence-electron chi connectivity index (χ3n) is 2.25. The minimum absolute atomic E-state index is 0.0978. The second-order valence-corrected chi connectivity index (χ2v) is 4.14. The van der Waals surface area contributed by atoms with Crippen LogP contribution in [0.3, 0.4) is 0 Å². The van der Waals surface area contributed by atoms with Crippen LogP contribution in [-0.2, 0) is 6.42 Å². The van der Waals surface area contributed by atoms with Crippen molar-refractivity contribution in [2.75, 3.05) is 0 Å². The number of rotatable bonds is 3. The van der Waals surface area contributed by atoms with Gasteiger partial charge in [0.15, 0.2) is 11.3 Å². The number of aromatic carboxylic acids is 1. The average Bonchev–Trinajstić information content (AvgIpc) is 2.59. The monoisotopic (exact) mass is 219 g/mol. The molecule has 0 fully saturated rings. The fourth-order valence-electron chi connectivity index (χ4n) is 1.58. The van der Waals surface area contributed by atoms with Crippen LogP contribution in [0.25, 0.3) is 5.65 Å². The molecule has 0 aliphatic heterocycles. The predicted octanol–water partition coefficient (Wildman–Crippen LogP) is 1.63. The Kier molecular flexibility index (Phi) is 2.60. The van der Waals surface area contributed by atoms with Crippen molar-refractivity contribution in [3.63, 3.8) is 0 Å². The first-order valence-corrected chi connectivity index (χ1v) is 5.15. The number of imidazole rings is 1. The Labute approximate surface area is 92.7 Å². The number of hydrogen-bond acceptors (Lipinski definition) is 3. The second kappa shape index (κ2) is 3.92.